The molecule has 0 aliphatic carbocycles. The fraction of sp³-hybridized carbons (Fsp3) is 0.167. The Labute approximate surface area is 137 Å². The second-order valence-electron chi connectivity index (χ2n) is 5.12. The molecule has 0 fully saturated rings. The summed E-state index contributed by atoms with van der Waals surface area (Å²) in [4.78, 5) is 5.73. The summed E-state index contributed by atoms with van der Waals surface area (Å²) < 4.78 is 14.5. The number of imidazole rings is 1. The highest BCUT2D eigenvalue weighted by Gasteiger charge is 2.15. The molecule has 0 radical (unpaired) electrons. The van der Waals surface area contributed by atoms with Crippen molar-refractivity contribution in [2.24, 2.45) is 0 Å². The van der Waals surface area contributed by atoms with Crippen LogP contribution in [-0.2, 0) is 0 Å². The molecule has 0 N–H and O–H groups in total. The van der Waals surface area contributed by atoms with Gasteiger partial charge in [-0.15, -0.1) is 0 Å². The maximum atomic E-state index is 5.73. The van der Waals surface area contributed by atoms with E-state index >= 15 is 0 Å². The molecule has 0 saturated carbocycles. The van der Waals surface area contributed by atoms with Crippen LogP contribution in [0, 0.1) is 0 Å². The number of rotatable bonds is 4. The number of aromatic nitrogens is 2. The highest BCUT2D eigenvalue weighted by molar-refractivity contribution is 7.23. The molecule has 2 aromatic carbocycles. The highest BCUT2D eigenvalue weighted by atomic mass is 32.1. The number of methoxy groups -OCH3 is 1. The molecule has 116 valence electrons. The zero-order valence-electron chi connectivity index (χ0n) is 12.9. The minimum absolute atomic E-state index is 0.635. The van der Waals surface area contributed by atoms with Gasteiger partial charge in [-0.3, -0.25) is 4.40 Å². The predicted molar refractivity (Wildman–Crippen MR) is 93.7 cm³/mol. The SMILES string of the molecule is CCOc1ccccc1-c1cn2c(n1)sc1cccc(OC)c12. The average Bonchev–Trinajstić information content (AvgIpc) is 3.12. The number of thiazole rings is 1. The first-order valence-corrected chi connectivity index (χ1v) is 8.30. The van der Waals surface area contributed by atoms with E-state index in [1.807, 2.05) is 43.3 Å². The molecule has 0 aliphatic rings. The van der Waals surface area contributed by atoms with Gasteiger partial charge in [-0.25, -0.2) is 4.98 Å². The molecule has 4 aromatic rings. The van der Waals surface area contributed by atoms with Crippen LogP contribution >= 0.6 is 11.3 Å². The molecule has 0 unspecified atom stereocenters. The molecule has 0 atom stereocenters. The van der Waals surface area contributed by atoms with Crippen LogP contribution in [0.1, 0.15) is 6.92 Å². The van der Waals surface area contributed by atoms with Gasteiger partial charge >= 0.3 is 0 Å². The van der Waals surface area contributed by atoms with Gasteiger partial charge in [0.1, 0.15) is 17.0 Å². The van der Waals surface area contributed by atoms with Gasteiger partial charge in [-0.05, 0) is 31.2 Å². The number of ether oxygens (including phenoxy) is 2. The number of para-hydroxylation sites is 2. The zero-order valence-corrected chi connectivity index (χ0v) is 13.8. The van der Waals surface area contributed by atoms with Crippen molar-refractivity contribution >= 4 is 26.5 Å². The molecule has 2 aromatic heterocycles. The van der Waals surface area contributed by atoms with Crippen LogP contribution in [0.3, 0.4) is 0 Å². The van der Waals surface area contributed by atoms with E-state index < -0.39 is 0 Å². The Morgan fingerprint density at radius 3 is 2.74 bits per heavy atom. The van der Waals surface area contributed by atoms with Crippen LogP contribution in [0.25, 0.3) is 26.4 Å². The topological polar surface area (TPSA) is 35.8 Å². The quantitative estimate of drug-likeness (QED) is 0.549. The summed E-state index contributed by atoms with van der Waals surface area (Å²) in [5, 5.41) is 0. The van der Waals surface area contributed by atoms with Crippen LogP contribution in [0.4, 0.5) is 0 Å². The fourth-order valence-electron chi connectivity index (χ4n) is 2.77. The van der Waals surface area contributed by atoms with E-state index in [4.69, 9.17) is 14.5 Å². The minimum atomic E-state index is 0.635. The second-order valence-corrected chi connectivity index (χ2v) is 6.13. The van der Waals surface area contributed by atoms with E-state index in [9.17, 15) is 0 Å². The lowest BCUT2D eigenvalue weighted by Gasteiger charge is -2.07. The van der Waals surface area contributed by atoms with Gasteiger partial charge < -0.3 is 9.47 Å². The molecule has 2 heterocycles. The first-order valence-electron chi connectivity index (χ1n) is 7.48. The Balaban J connectivity index is 1.93. The van der Waals surface area contributed by atoms with Crippen molar-refractivity contribution in [2.75, 3.05) is 13.7 Å². The van der Waals surface area contributed by atoms with E-state index in [-0.39, 0.29) is 0 Å². The first kappa shape index (κ1) is 14.1. The third-order valence-corrected chi connectivity index (χ3v) is 4.78. The van der Waals surface area contributed by atoms with Crippen molar-refractivity contribution in [1.82, 2.24) is 9.38 Å². The van der Waals surface area contributed by atoms with Crippen molar-refractivity contribution in [3.05, 3.63) is 48.7 Å². The minimum Gasteiger partial charge on any atom is -0.495 e. The summed E-state index contributed by atoms with van der Waals surface area (Å²) in [5.41, 5.74) is 2.98. The lowest BCUT2D eigenvalue weighted by atomic mass is 10.1. The second kappa shape index (κ2) is 5.59. The van der Waals surface area contributed by atoms with Crippen LogP contribution in [0.5, 0.6) is 11.5 Å². The molecular weight excluding hydrogens is 308 g/mol. The van der Waals surface area contributed by atoms with Gasteiger partial charge in [0.25, 0.3) is 0 Å². The Kier molecular flexibility index (Phi) is 3.42. The monoisotopic (exact) mass is 324 g/mol. The molecule has 4 nitrogen and oxygen atoms in total. The number of benzene rings is 2. The summed E-state index contributed by atoms with van der Waals surface area (Å²) in [7, 11) is 1.69. The van der Waals surface area contributed by atoms with Crippen LogP contribution in [0.15, 0.2) is 48.7 Å². The standard InChI is InChI=1S/C18H16N2O2S/c1-3-22-14-8-5-4-7-12(14)13-11-20-17-15(21-2)9-6-10-16(17)23-18(20)19-13/h4-11H,3H2,1-2H3. The Morgan fingerprint density at radius 2 is 1.91 bits per heavy atom. The molecule has 0 aliphatic heterocycles. The van der Waals surface area contributed by atoms with E-state index in [1.165, 1.54) is 0 Å². The highest BCUT2D eigenvalue weighted by Crippen LogP contribution is 2.36. The maximum Gasteiger partial charge on any atom is 0.195 e. The third kappa shape index (κ3) is 2.24. The van der Waals surface area contributed by atoms with Crippen molar-refractivity contribution in [3.63, 3.8) is 0 Å². The van der Waals surface area contributed by atoms with Gasteiger partial charge in [0.2, 0.25) is 0 Å². The molecule has 0 saturated heterocycles. The fourth-order valence-corrected chi connectivity index (χ4v) is 3.80. The van der Waals surface area contributed by atoms with Crippen molar-refractivity contribution < 1.29 is 9.47 Å². The number of hydrogen-bond donors (Lipinski definition) is 0. The van der Waals surface area contributed by atoms with Gasteiger partial charge in [-0.1, -0.05) is 29.5 Å². The number of fused-ring (bicyclic) bond motifs is 3. The molecule has 4 rings (SSSR count). The van der Waals surface area contributed by atoms with E-state index in [1.54, 1.807) is 18.4 Å². The number of nitrogens with zero attached hydrogens (tertiary/aromatic N) is 2. The first-order chi connectivity index (χ1) is 11.3. The molecule has 0 spiro atoms. The summed E-state index contributed by atoms with van der Waals surface area (Å²) >= 11 is 1.66. The van der Waals surface area contributed by atoms with E-state index in [0.29, 0.717) is 6.61 Å². The summed E-state index contributed by atoms with van der Waals surface area (Å²) in [6, 6.07) is 14.1. The molecule has 0 bridgehead atoms. The summed E-state index contributed by atoms with van der Waals surface area (Å²) in [6.07, 6.45) is 2.05. The van der Waals surface area contributed by atoms with Crippen molar-refractivity contribution in [3.8, 4) is 22.8 Å². The predicted octanol–water partition coefficient (Wildman–Crippen LogP) is 4.62. The van der Waals surface area contributed by atoms with Gasteiger partial charge in [0.15, 0.2) is 4.96 Å². The van der Waals surface area contributed by atoms with Crippen LogP contribution in [-0.4, -0.2) is 23.1 Å². The van der Waals surface area contributed by atoms with Gasteiger partial charge in [0, 0.05) is 11.8 Å². The Hall–Kier alpha value is -2.53. The molecular formula is C18H16N2O2S. The van der Waals surface area contributed by atoms with Crippen molar-refractivity contribution in [1.29, 1.82) is 0 Å². The number of hydrogen-bond acceptors (Lipinski definition) is 4. The van der Waals surface area contributed by atoms with E-state index in [2.05, 4.69) is 16.7 Å². The van der Waals surface area contributed by atoms with Crippen LogP contribution < -0.4 is 9.47 Å². The molecule has 5 heteroatoms. The van der Waals surface area contributed by atoms with Crippen LogP contribution in [0.2, 0.25) is 0 Å². The Morgan fingerprint density at radius 1 is 1.09 bits per heavy atom. The lowest BCUT2D eigenvalue weighted by molar-refractivity contribution is 0.341. The normalized spacial score (nSPS) is 11.2. The third-order valence-electron chi connectivity index (χ3n) is 3.76. The zero-order chi connectivity index (χ0) is 15.8. The maximum absolute atomic E-state index is 5.73. The summed E-state index contributed by atoms with van der Waals surface area (Å²) in [6.45, 7) is 2.62. The smallest absolute Gasteiger partial charge is 0.195 e. The van der Waals surface area contributed by atoms with Gasteiger partial charge in [-0.2, -0.15) is 0 Å². The lowest BCUT2D eigenvalue weighted by Crippen LogP contribution is -1.93. The van der Waals surface area contributed by atoms with Gasteiger partial charge in [0.05, 0.1) is 24.1 Å². The Bertz CT molecular complexity index is 987. The van der Waals surface area contributed by atoms with E-state index in [0.717, 1.165) is 37.9 Å². The summed E-state index contributed by atoms with van der Waals surface area (Å²) in [5.74, 6) is 1.72. The molecule has 0 amide bonds. The average molecular weight is 324 g/mol. The van der Waals surface area contributed by atoms with Crippen molar-refractivity contribution in [2.45, 2.75) is 6.92 Å². The largest absolute Gasteiger partial charge is 0.495 e. The molecule has 23 heavy (non-hydrogen) atoms.